The molecule has 1 unspecified atom stereocenters. The average Bonchev–Trinajstić information content (AvgIpc) is 2.78. The molecular weight excluding hydrogens is 224 g/mol. The van der Waals surface area contributed by atoms with Crippen LogP contribution in [0.4, 0.5) is 4.79 Å². The first kappa shape index (κ1) is 13.0. The highest BCUT2D eigenvalue weighted by atomic mass is 16.4. The number of H-pyrrole nitrogens is 1. The summed E-state index contributed by atoms with van der Waals surface area (Å²) in [5.74, 6) is -1.50. The largest absolute Gasteiger partial charge is 0.481 e. The van der Waals surface area contributed by atoms with Crippen LogP contribution in [0.25, 0.3) is 0 Å². The Morgan fingerprint density at radius 1 is 1.65 bits per heavy atom. The van der Waals surface area contributed by atoms with Crippen LogP contribution in [0.3, 0.4) is 0 Å². The van der Waals surface area contributed by atoms with Crippen LogP contribution in [-0.2, 0) is 11.3 Å². The van der Waals surface area contributed by atoms with Crippen LogP contribution >= 0.6 is 0 Å². The van der Waals surface area contributed by atoms with Crippen molar-refractivity contribution in [1.82, 2.24) is 20.4 Å². The van der Waals surface area contributed by atoms with Crippen molar-refractivity contribution in [3.8, 4) is 0 Å². The fraction of sp³-hybridized carbons (Fsp3) is 0.500. The van der Waals surface area contributed by atoms with Crippen molar-refractivity contribution in [2.75, 3.05) is 13.6 Å². The summed E-state index contributed by atoms with van der Waals surface area (Å²) >= 11 is 0. The number of aromatic amines is 1. The Labute approximate surface area is 98.8 Å². The van der Waals surface area contributed by atoms with Gasteiger partial charge in [0.2, 0.25) is 0 Å². The Kier molecular flexibility index (Phi) is 4.50. The van der Waals surface area contributed by atoms with Crippen molar-refractivity contribution < 1.29 is 14.7 Å². The number of nitrogens with zero attached hydrogens (tertiary/aromatic N) is 2. The molecule has 3 N–H and O–H groups in total. The van der Waals surface area contributed by atoms with E-state index in [1.807, 2.05) is 0 Å². The fourth-order valence-electron chi connectivity index (χ4n) is 1.26. The van der Waals surface area contributed by atoms with Crippen LogP contribution < -0.4 is 5.32 Å². The van der Waals surface area contributed by atoms with E-state index in [1.165, 1.54) is 4.90 Å². The second-order valence-corrected chi connectivity index (χ2v) is 3.89. The lowest BCUT2D eigenvalue weighted by Gasteiger charge is -2.19. The minimum atomic E-state index is -0.917. The first-order valence-corrected chi connectivity index (χ1v) is 5.20. The smallest absolute Gasteiger partial charge is 0.317 e. The molecule has 0 fully saturated rings. The minimum absolute atomic E-state index is 0.173. The molecule has 17 heavy (non-hydrogen) atoms. The number of carboxylic acids is 1. The number of rotatable bonds is 5. The average molecular weight is 240 g/mol. The molecule has 0 aliphatic heterocycles. The second kappa shape index (κ2) is 5.88. The highest BCUT2D eigenvalue weighted by molar-refractivity contribution is 5.75. The van der Waals surface area contributed by atoms with Gasteiger partial charge >= 0.3 is 12.0 Å². The van der Waals surface area contributed by atoms with E-state index in [2.05, 4.69) is 15.5 Å². The Balaban J connectivity index is 2.34. The van der Waals surface area contributed by atoms with E-state index in [0.717, 1.165) is 5.56 Å². The highest BCUT2D eigenvalue weighted by Gasteiger charge is 2.16. The standard InChI is InChI=1S/C10H16N4O3/c1-7(9(15)16)6-14(2)10(17)11-3-8-4-12-13-5-8/h4-5,7H,3,6H2,1-2H3,(H,11,17)(H,12,13)(H,15,16). The molecule has 1 aromatic heterocycles. The maximum atomic E-state index is 11.6. The van der Waals surface area contributed by atoms with Crippen molar-refractivity contribution in [2.24, 2.45) is 5.92 Å². The highest BCUT2D eigenvalue weighted by Crippen LogP contribution is 1.99. The molecule has 94 valence electrons. The van der Waals surface area contributed by atoms with E-state index >= 15 is 0 Å². The van der Waals surface area contributed by atoms with Gasteiger partial charge < -0.3 is 15.3 Å². The first-order chi connectivity index (χ1) is 8.00. The Hall–Kier alpha value is -2.05. The van der Waals surface area contributed by atoms with E-state index < -0.39 is 11.9 Å². The summed E-state index contributed by atoms with van der Waals surface area (Å²) in [4.78, 5) is 23.6. The molecule has 0 spiro atoms. The summed E-state index contributed by atoms with van der Waals surface area (Å²) in [6, 6.07) is -0.306. The second-order valence-electron chi connectivity index (χ2n) is 3.89. The molecule has 7 heteroatoms. The Bertz CT molecular complexity index is 377. The lowest BCUT2D eigenvalue weighted by molar-refractivity contribution is -0.141. The zero-order valence-electron chi connectivity index (χ0n) is 9.80. The molecule has 2 amide bonds. The molecule has 0 radical (unpaired) electrons. The molecule has 0 aliphatic rings. The van der Waals surface area contributed by atoms with Crippen molar-refractivity contribution >= 4 is 12.0 Å². The molecule has 0 saturated heterocycles. The maximum Gasteiger partial charge on any atom is 0.317 e. The number of amides is 2. The summed E-state index contributed by atoms with van der Waals surface area (Å²) in [7, 11) is 1.56. The van der Waals surface area contributed by atoms with Gasteiger partial charge in [0.15, 0.2) is 0 Å². The predicted molar refractivity (Wildman–Crippen MR) is 60.3 cm³/mol. The summed E-state index contributed by atoms with van der Waals surface area (Å²) in [5.41, 5.74) is 0.859. The van der Waals surface area contributed by atoms with Gasteiger partial charge in [-0.1, -0.05) is 6.92 Å². The number of nitrogens with one attached hydrogen (secondary N) is 2. The van der Waals surface area contributed by atoms with E-state index in [-0.39, 0.29) is 12.6 Å². The molecule has 7 nitrogen and oxygen atoms in total. The summed E-state index contributed by atoms with van der Waals surface area (Å²) in [6.07, 6.45) is 3.29. The van der Waals surface area contributed by atoms with Gasteiger partial charge in [0.05, 0.1) is 12.1 Å². The number of carbonyl (C=O) groups excluding carboxylic acids is 1. The van der Waals surface area contributed by atoms with Gasteiger partial charge in [-0.3, -0.25) is 9.89 Å². The van der Waals surface area contributed by atoms with E-state index in [9.17, 15) is 9.59 Å². The van der Waals surface area contributed by atoms with Crippen LogP contribution in [0.1, 0.15) is 12.5 Å². The molecule has 1 aromatic rings. The number of hydrogen-bond donors (Lipinski definition) is 3. The monoisotopic (exact) mass is 240 g/mol. The quantitative estimate of drug-likeness (QED) is 0.688. The number of carboxylic acid groups (broad SMARTS) is 1. The molecule has 0 aromatic carbocycles. The molecule has 0 aliphatic carbocycles. The van der Waals surface area contributed by atoms with Gasteiger partial charge in [-0.25, -0.2) is 4.79 Å². The molecule has 1 heterocycles. The SMILES string of the molecule is CC(CN(C)C(=O)NCc1cn[nH]c1)C(=O)O. The molecule has 1 atom stereocenters. The lowest BCUT2D eigenvalue weighted by Crippen LogP contribution is -2.40. The Morgan fingerprint density at radius 2 is 2.35 bits per heavy atom. The minimum Gasteiger partial charge on any atom is -0.481 e. The van der Waals surface area contributed by atoms with Crippen LogP contribution in [-0.4, -0.2) is 45.8 Å². The van der Waals surface area contributed by atoms with Gasteiger partial charge in [0, 0.05) is 31.9 Å². The van der Waals surface area contributed by atoms with Crippen molar-refractivity contribution in [1.29, 1.82) is 0 Å². The number of aliphatic carboxylic acids is 1. The van der Waals surface area contributed by atoms with Gasteiger partial charge in [0.25, 0.3) is 0 Å². The number of urea groups is 1. The third kappa shape index (κ3) is 4.13. The van der Waals surface area contributed by atoms with Crippen LogP contribution in [0.5, 0.6) is 0 Å². The summed E-state index contributed by atoms with van der Waals surface area (Å²) in [6.45, 7) is 2.09. The lowest BCUT2D eigenvalue weighted by atomic mass is 10.2. The normalized spacial score (nSPS) is 11.9. The molecule has 0 bridgehead atoms. The van der Waals surface area contributed by atoms with Gasteiger partial charge in [0.1, 0.15) is 0 Å². The van der Waals surface area contributed by atoms with Gasteiger partial charge in [-0.2, -0.15) is 5.10 Å². The van der Waals surface area contributed by atoms with Crippen LogP contribution in [0, 0.1) is 5.92 Å². The zero-order chi connectivity index (χ0) is 12.8. The number of aromatic nitrogens is 2. The molecular formula is C10H16N4O3. The molecule has 1 rings (SSSR count). The topological polar surface area (TPSA) is 98.3 Å². The van der Waals surface area contributed by atoms with Crippen LogP contribution in [0.15, 0.2) is 12.4 Å². The Morgan fingerprint density at radius 3 is 2.88 bits per heavy atom. The van der Waals surface area contributed by atoms with E-state index in [1.54, 1.807) is 26.4 Å². The summed E-state index contributed by atoms with van der Waals surface area (Å²) < 4.78 is 0. The van der Waals surface area contributed by atoms with Crippen molar-refractivity contribution in [3.63, 3.8) is 0 Å². The maximum absolute atomic E-state index is 11.6. The first-order valence-electron chi connectivity index (χ1n) is 5.20. The third-order valence-corrected chi connectivity index (χ3v) is 2.31. The van der Waals surface area contributed by atoms with Gasteiger partial charge in [-0.15, -0.1) is 0 Å². The predicted octanol–water partition coefficient (Wildman–Crippen LogP) is 0.272. The number of carbonyl (C=O) groups is 2. The van der Waals surface area contributed by atoms with E-state index in [4.69, 9.17) is 5.11 Å². The summed E-state index contributed by atoms with van der Waals surface area (Å²) in [5, 5.41) is 17.8. The van der Waals surface area contributed by atoms with Gasteiger partial charge in [-0.05, 0) is 0 Å². The third-order valence-electron chi connectivity index (χ3n) is 2.31. The fourth-order valence-corrected chi connectivity index (χ4v) is 1.26. The van der Waals surface area contributed by atoms with Crippen LogP contribution in [0.2, 0.25) is 0 Å². The zero-order valence-corrected chi connectivity index (χ0v) is 9.80. The number of hydrogen-bond acceptors (Lipinski definition) is 3. The van der Waals surface area contributed by atoms with Crippen molar-refractivity contribution in [3.05, 3.63) is 18.0 Å². The molecule has 0 saturated carbocycles. The van der Waals surface area contributed by atoms with E-state index in [0.29, 0.717) is 6.54 Å². The van der Waals surface area contributed by atoms with Crippen molar-refractivity contribution in [2.45, 2.75) is 13.5 Å².